The number of phenolic OH excluding ortho intramolecular Hbond substituents is 1. The Morgan fingerprint density at radius 2 is 1.82 bits per heavy atom. The highest BCUT2D eigenvalue weighted by molar-refractivity contribution is 6.24. The first-order chi connectivity index (χ1) is 18.6. The summed E-state index contributed by atoms with van der Waals surface area (Å²) in [6.07, 6.45) is 7.44. The number of aliphatic hydroxyl groups is 3. The monoisotopic (exact) mass is 540 g/mol. The molecule has 0 bridgehead atoms. The molecule has 0 heterocycles. The number of rotatable bonds is 6. The zero-order valence-electron chi connectivity index (χ0n) is 22.1. The standard InChI is InChI=1S/C29H36N2O8/c1-39-25-16(13-31-12-14-6-4-2-3-5-7-14)10-19(32)22-18(25)9-15-8-17-11-20(33)23(28(30)37)27(36)29(17,38)26(35)21(15)24(22)34/h10,14-15,17,31-33,35,38H,2-9,11-13H2,1H3,(H2,30,37)/t15?,17-,29-/m0/s1. The van der Waals surface area contributed by atoms with Crippen molar-refractivity contribution in [3.63, 3.8) is 0 Å². The van der Waals surface area contributed by atoms with Crippen molar-refractivity contribution in [3.05, 3.63) is 45.4 Å². The molecule has 1 unspecified atom stereocenters. The molecule has 3 atom stereocenters. The molecule has 10 nitrogen and oxygen atoms in total. The number of carbonyl (C=O) groups is 3. The summed E-state index contributed by atoms with van der Waals surface area (Å²) in [6.45, 7) is 1.29. The number of fused-ring (bicyclic) bond motifs is 3. The summed E-state index contributed by atoms with van der Waals surface area (Å²) in [5.74, 6) is -5.36. The summed E-state index contributed by atoms with van der Waals surface area (Å²) >= 11 is 0. The zero-order chi connectivity index (χ0) is 28.1. The predicted octanol–water partition coefficient (Wildman–Crippen LogP) is 2.65. The second kappa shape index (κ2) is 10.3. The number of allylic oxidation sites excluding steroid dienone is 2. The van der Waals surface area contributed by atoms with E-state index in [1.54, 1.807) is 0 Å². The van der Waals surface area contributed by atoms with E-state index in [4.69, 9.17) is 10.5 Å². The third kappa shape index (κ3) is 4.39. The number of nitrogens with one attached hydrogen (secondary N) is 1. The quantitative estimate of drug-likeness (QED) is 0.234. The number of carbonyl (C=O) groups excluding carboxylic acids is 3. The summed E-state index contributed by atoms with van der Waals surface area (Å²) in [7, 11) is 1.50. The highest BCUT2D eigenvalue weighted by Crippen LogP contribution is 2.52. The van der Waals surface area contributed by atoms with E-state index >= 15 is 0 Å². The van der Waals surface area contributed by atoms with Crippen LogP contribution in [0.2, 0.25) is 0 Å². The lowest BCUT2D eigenvalue weighted by molar-refractivity contribution is -0.144. The van der Waals surface area contributed by atoms with E-state index in [9.17, 15) is 34.8 Å². The Kier molecular flexibility index (Phi) is 7.19. The fourth-order valence-electron chi connectivity index (χ4n) is 7.10. The SMILES string of the molecule is COc1c(CNCC2CCCCCC2)cc(O)c2c1CC1C[C@H]3CC(O)=C(C(N)=O)C(=O)[C@@]3(O)C(O)=C1C2=O. The van der Waals surface area contributed by atoms with Crippen LogP contribution in [-0.2, 0) is 22.6 Å². The number of phenols is 1. The number of aromatic hydroxyl groups is 1. The molecule has 0 saturated heterocycles. The average Bonchev–Trinajstić information content (AvgIpc) is 3.15. The Morgan fingerprint density at radius 3 is 2.46 bits per heavy atom. The first-order valence-electron chi connectivity index (χ1n) is 13.7. The first kappa shape index (κ1) is 27.2. The topological polar surface area (TPSA) is 179 Å². The number of primary amides is 1. The second-order valence-electron chi connectivity index (χ2n) is 11.3. The van der Waals surface area contributed by atoms with Gasteiger partial charge in [0.25, 0.3) is 5.91 Å². The van der Waals surface area contributed by atoms with Gasteiger partial charge in [-0.3, -0.25) is 14.4 Å². The van der Waals surface area contributed by atoms with Gasteiger partial charge in [-0.2, -0.15) is 0 Å². The van der Waals surface area contributed by atoms with E-state index < -0.39 is 52.0 Å². The number of hydrogen-bond acceptors (Lipinski definition) is 9. The number of benzene rings is 1. The van der Waals surface area contributed by atoms with Gasteiger partial charge < -0.3 is 36.2 Å². The molecule has 1 aromatic carbocycles. The molecule has 39 heavy (non-hydrogen) atoms. The van der Waals surface area contributed by atoms with Gasteiger partial charge in [0.1, 0.15) is 28.6 Å². The first-order valence-corrected chi connectivity index (χ1v) is 13.7. The number of nitrogens with two attached hydrogens (primary N) is 1. The van der Waals surface area contributed by atoms with Crippen LogP contribution in [0.1, 0.15) is 72.9 Å². The van der Waals surface area contributed by atoms with Crippen molar-refractivity contribution in [1.29, 1.82) is 0 Å². The van der Waals surface area contributed by atoms with Gasteiger partial charge in [-0.05, 0) is 50.1 Å². The van der Waals surface area contributed by atoms with Gasteiger partial charge in [-0.15, -0.1) is 0 Å². The summed E-state index contributed by atoms with van der Waals surface area (Å²) in [4.78, 5) is 38.6. The van der Waals surface area contributed by atoms with E-state index in [2.05, 4.69) is 5.32 Å². The van der Waals surface area contributed by atoms with Crippen LogP contribution in [0, 0.1) is 17.8 Å². The van der Waals surface area contributed by atoms with Crippen LogP contribution >= 0.6 is 0 Å². The van der Waals surface area contributed by atoms with E-state index in [1.165, 1.54) is 51.7 Å². The number of ketones is 2. The number of amides is 1. The molecular formula is C29H36N2O8. The van der Waals surface area contributed by atoms with Gasteiger partial charge >= 0.3 is 0 Å². The number of ether oxygens (including phenoxy) is 1. The van der Waals surface area contributed by atoms with Crippen molar-refractivity contribution < 1.29 is 39.5 Å². The van der Waals surface area contributed by atoms with Crippen LogP contribution in [0.5, 0.6) is 11.5 Å². The molecule has 0 aromatic heterocycles. The van der Waals surface area contributed by atoms with Crippen LogP contribution in [0.25, 0.3) is 0 Å². The molecule has 10 heteroatoms. The summed E-state index contributed by atoms with van der Waals surface area (Å²) in [5.41, 5.74) is 2.86. The predicted molar refractivity (Wildman–Crippen MR) is 140 cm³/mol. The van der Waals surface area contributed by atoms with Crippen molar-refractivity contribution in [3.8, 4) is 11.5 Å². The third-order valence-corrected chi connectivity index (χ3v) is 9.02. The molecule has 1 fully saturated rings. The molecule has 0 spiro atoms. The van der Waals surface area contributed by atoms with Gasteiger partial charge in [0.15, 0.2) is 11.4 Å². The fourth-order valence-corrected chi connectivity index (χ4v) is 7.10. The fraction of sp³-hybridized carbons (Fsp3) is 0.552. The van der Waals surface area contributed by atoms with Gasteiger partial charge in [-0.25, -0.2) is 0 Å². The molecule has 1 amide bonds. The van der Waals surface area contributed by atoms with Crippen molar-refractivity contribution in [2.75, 3.05) is 13.7 Å². The van der Waals surface area contributed by atoms with E-state index in [0.29, 0.717) is 29.3 Å². The Balaban J connectivity index is 1.48. The van der Waals surface area contributed by atoms with Crippen molar-refractivity contribution in [2.45, 2.75) is 69.9 Å². The van der Waals surface area contributed by atoms with Gasteiger partial charge in [-0.1, -0.05) is 25.7 Å². The Hall–Kier alpha value is -3.37. The molecule has 4 aliphatic rings. The van der Waals surface area contributed by atoms with Crippen molar-refractivity contribution in [2.24, 2.45) is 23.5 Å². The molecule has 5 rings (SSSR count). The Bertz CT molecular complexity index is 1290. The Labute approximate surface area is 226 Å². The molecule has 1 saturated carbocycles. The smallest absolute Gasteiger partial charge is 0.255 e. The van der Waals surface area contributed by atoms with E-state index in [0.717, 1.165) is 6.54 Å². The number of methoxy groups -OCH3 is 1. The lowest BCUT2D eigenvalue weighted by Gasteiger charge is -2.45. The number of hydrogen-bond donors (Lipinski definition) is 6. The largest absolute Gasteiger partial charge is 0.511 e. The highest BCUT2D eigenvalue weighted by atomic mass is 16.5. The van der Waals surface area contributed by atoms with Gasteiger partial charge in [0.2, 0.25) is 5.78 Å². The molecule has 0 radical (unpaired) electrons. The zero-order valence-corrected chi connectivity index (χ0v) is 22.1. The molecular weight excluding hydrogens is 504 g/mol. The minimum absolute atomic E-state index is 0.0454. The van der Waals surface area contributed by atoms with Crippen LogP contribution in [0.3, 0.4) is 0 Å². The van der Waals surface area contributed by atoms with Crippen LogP contribution in [-0.4, -0.2) is 57.2 Å². The maximum atomic E-state index is 13.7. The molecule has 210 valence electrons. The summed E-state index contributed by atoms with van der Waals surface area (Å²) < 4.78 is 5.73. The van der Waals surface area contributed by atoms with Gasteiger partial charge in [0, 0.05) is 35.6 Å². The van der Waals surface area contributed by atoms with Crippen LogP contribution in [0.15, 0.2) is 28.7 Å². The molecule has 7 N–H and O–H groups in total. The highest BCUT2D eigenvalue weighted by Gasteiger charge is 2.59. The normalized spacial score (nSPS) is 27.5. The summed E-state index contributed by atoms with van der Waals surface area (Å²) in [5, 5.41) is 47.3. The third-order valence-electron chi connectivity index (χ3n) is 9.02. The second-order valence-corrected chi connectivity index (χ2v) is 11.3. The average molecular weight is 541 g/mol. The minimum Gasteiger partial charge on any atom is -0.511 e. The maximum Gasteiger partial charge on any atom is 0.255 e. The summed E-state index contributed by atoms with van der Waals surface area (Å²) in [6, 6.07) is 1.48. The minimum atomic E-state index is -2.57. The van der Waals surface area contributed by atoms with E-state index in [-0.39, 0.29) is 36.1 Å². The Morgan fingerprint density at radius 1 is 1.13 bits per heavy atom. The molecule has 0 aliphatic heterocycles. The number of aliphatic hydroxyl groups excluding tert-OH is 2. The molecule has 1 aromatic rings. The van der Waals surface area contributed by atoms with Crippen molar-refractivity contribution >= 4 is 17.5 Å². The molecule has 4 aliphatic carbocycles. The van der Waals surface area contributed by atoms with E-state index in [1.807, 2.05) is 0 Å². The lowest BCUT2D eigenvalue weighted by Crippen LogP contribution is -2.57. The van der Waals surface area contributed by atoms with Crippen LogP contribution < -0.4 is 15.8 Å². The van der Waals surface area contributed by atoms with Gasteiger partial charge in [0.05, 0.1) is 12.7 Å². The van der Waals surface area contributed by atoms with Crippen LogP contribution in [0.4, 0.5) is 0 Å². The number of Topliss-reactive ketones (excluding diaryl/α,β-unsaturated/α-hetero) is 2. The van der Waals surface area contributed by atoms with Crippen molar-refractivity contribution in [1.82, 2.24) is 5.32 Å². The maximum absolute atomic E-state index is 13.7. The lowest BCUT2D eigenvalue weighted by atomic mass is 9.60.